The van der Waals surface area contributed by atoms with Crippen molar-refractivity contribution in [3.05, 3.63) is 48.5 Å². The van der Waals surface area contributed by atoms with Crippen LogP contribution in [0.25, 0.3) is 11.0 Å². The van der Waals surface area contributed by atoms with Gasteiger partial charge in [-0.15, -0.1) is 0 Å². The molecule has 0 aliphatic carbocycles. The fraction of sp³-hybridized carbons (Fsp3) is 0.464. The van der Waals surface area contributed by atoms with Gasteiger partial charge in [-0.25, -0.2) is 9.97 Å². The van der Waals surface area contributed by atoms with Gasteiger partial charge >= 0.3 is 0 Å². The Balaban J connectivity index is 1.26. The van der Waals surface area contributed by atoms with Crippen molar-refractivity contribution in [3.8, 4) is 11.6 Å². The van der Waals surface area contributed by atoms with E-state index in [0.717, 1.165) is 74.6 Å². The summed E-state index contributed by atoms with van der Waals surface area (Å²) in [6, 6.07) is 16.0. The van der Waals surface area contributed by atoms with Gasteiger partial charge in [-0.2, -0.15) is 0 Å². The second-order valence-corrected chi connectivity index (χ2v) is 9.49. The van der Waals surface area contributed by atoms with Crippen LogP contribution in [0, 0.1) is 5.92 Å². The van der Waals surface area contributed by atoms with Gasteiger partial charge in [-0.1, -0.05) is 19.1 Å². The van der Waals surface area contributed by atoms with Gasteiger partial charge in [0.05, 0.1) is 30.7 Å². The molecule has 1 amide bonds. The first-order valence-corrected chi connectivity index (χ1v) is 13.0. The Hall–Kier alpha value is -3.55. The van der Waals surface area contributed by atoms with Crippen molar-refractivity contribution in [3.63, 3.8) is 0 Å². The molecular weight excluding hydrogens is 454 g/mol. The van der Waals surface area contributed by atoms with Gasteiger partial charge in [-0.3, -0.25) is 4.79 Å². The Morgan fingerprint density at radius 3 is 2.36 bits per heavy atom. The highest BCUT2D eigenvalue weighted by Crippen LogP contribution is 2.31. The van der Waals surface area contributed by atoms with Crippen LogP contribution in [0.5, 0.6) is 11.6 Å². The predicted octanol–water partition coefficient (Wildman–Crippen LogP) is 3.99. The lowest BCUT2D eigenvalue weighted by Gasteiger charge is -2.40. The molecule has 8 heteroatoms. The maximum atomic E-state index is 13.5. The molecule has 8 nitrogen and oxygen atoms in total. The molecule has 2 aliphatic rings. The van der Waals surface area contributed by atoms with Crippen LogP contribution < -0.4 is 19.3 Å². The Labute approximate surface area is 212 Å². The van der Waals surface area contributed by atoms with E-state index in [1.807, 2.05) is 41.3 Å². The van der Waals surface area contributed by atoms with E-state index in [2.05, 4.69) is 28.9 Å². The van der Waals surface area contributed by atoms with E-state index in [0.29, 0.717) is 19.0 Å². The van der Waals surface area contributed by atoms with Gasteiger partial charge in [-0.05, 0) is 55.7 Å². The maximum absolute atomic E-state index is 13.5. The minimum Gasteiger partial charge on any atom is -0.497 e. The number of amides is 1. The number of hydrogen-bond donors (Lipinski definition) is 0. The van der Waals surface area contributed by atoms with Crippen molar-refractivity contribution in [1.82, 2.24) is 14.9 Å². The number of piperazine rings is 1. The summed E-state index contributed by atoms with van der Waals surface area (Å²) in [7, 11) is 1.68. The van der Waals surface area contributed by atoms with Gasteiger partial charge in [0.1, 0.15) is 5.75 Å². The molecule has 0 unspecified atom stereocenters. The van der Waals surface area contributed by atoms with Gasteiger partial charge < -0.3 is 24.2 Å². The molecule has 2 saturated heterocycles. The van der Waals surface area contributed by atoms with Crippen LogP contribution in [0.2, 0.25) is 0 Å². The third kappa shape index (κ3) is 5.17. The average molecular weight is 490 g/mol. The second-order valence-electron chi connectivity index (χ2n) is 9.49. The van der Waals surface area contributed by atoms with E-state index in [1.54, 1.807) is 7.11 Å². The van der Waals surface area contributed by atoms with E-state index in [4.69, 9.17) is 19.4 Å². The quantitative estimate of drug-likeness (QED) is 0.497. The smallest absolute Gasteiger partial charge is 0.258 e. The number of hydrogen-bond acceptors (Lipinski definition) is 7. The number of anilines is 2. The molecule has 0 bridgehead atoms. The first-order valence-electron chi connectivity index (χ1n) is 13.0. The largest absolute Gasteiger partial charge is 0.497 e. The van der Waals surface area contributed by atoms with Crippen LogP contribution in [-0.4, -0.2) is 73.8 Å². The van der Waals surface area contributed by atoms with Crippen molar-refractivity contribution >= 4 is 28.4 Å². The lowest BCUT2D eigenvalue weighted by Crippen LogP contribution is -2.52. The average Bonchev–Trinajstić information content (AvgIpc) is 2.95. The van der Waals surface area contributed by atoms with Gasteiger partial charge in [0.25, 0.3) is 5.88 Å². The first-order chi connectivity index (χ1) is 17.7. The minimum absolute atomic E-state index is 0.0430. The third-order valence-electron chi connectivity index (χ3n) is 7.06. The zero-order valence-corrected chi connectivity index (χ0v) is 21.2. The highest BCUT2D eigenvalue weighted by atomic mass is 16.5. The standard InChI is InChI=1S/C28H35N5O3/c1-3-19-36-27-26(29-24-8-4-5-9-25(24)30-27)33-14-6-7-21(20-33)28(34)32-17-15-31(16-18-32)22-10-12-23(35-2)13-11-22/h4-5,8-13,21H,3,6-7,14-20H2,1-2H3/t21-/m1/s1. The Morgan fingerprint density at radius 2 is 1.67 bits per heavy atom. The zero-order chi connectivity index (χ0) is 24.9. The highest BCUT2D eigenvalue weighted by molar-refractivity contribution is 5.81. The van der Waals surface area contributed by atoms with Crippen molar-refractivity contribution in [2.75, 3.05) is 62.8 Å². The number of piperidine rings is 1. The van der Waals surface area contributed by atoms with Crippen molar-refractivity contribution in [2.45, 2.75) is 26.2 Å². The summed E-state index contributed by atoms with van der Waals surface area (Å²) in [5.41, 5.74) is 2.84. The van der Waals surface area contributed by atoms with E-state index >= 15 is 0 Å². The molecule has 1 aromatic heterocycles. The third-order valence-corrected chi connectivity index (χ3v) is 7.06. The summed E-state index contributed by atoms with van der Waals surface area (Å²) in [6.07, 6.45) is 2.75. The Bertz CT molecular complexity index is 1180. The molecule has 3 aromatic rings. The fourth-order valence-corrected chi connectivity index (χ4v) is 5.08. The predicted molar refractivity (Wildman–Crippen MR) is 142 cm³/mol. The van der Waals surface area contributed by atoms with E-state index in [9.17, 15) is 4.79 Å². The maximum Gasteiger partial charge on any atom is 0.258 e. The number of fused-ring (bicyclic) bond motifs is 1. The van der Waals surface area contributed by atoms with Gasteiger partial charge in [0.2, 0.25) is 5.91 Å². The van der Waals surface area contributed by atoms with E-state index < -0.39 is 0 Å². The van der Waals surface area contributed by atoms with Crippen LogP contribution in [0.1, 0.15) is 26.2 Å². The molecule has 2 aliphatic heterocycles. The number of carbonyl (C=O) groups excluding carboxylic acids is 1. The molecule has 190 valence electrons. The number of methoxy groups -OCH3 is 1. The molecule has 36 heavy (non-hydrogen) atoms. The summed E-state index contributed by atoms with van der Waals surface area (Å²) in [6.45, 7) is 7.31. The number of nitrogens with zero attached hydrogens (tertiary/aromatic N) is 5. The van der Waals surface area contributed by atoms with Crippen LogP contribution in [0.3, 0.4) is 0 Å². The topological polar surface area (TPSA) is 71.0 Å². The summed E-state index contributed by atoms with van der Waals surface area (Å²) >= 11 is 0. The number of benzene rings is 2. The molecule has 2 aromatic carbocycles. The molecule has 5 rings (SSSR count). The molecule has 0 spiro atoms. The number of aromatic nitrogens is 2. The van der Waals surface area contributed by atoms with Gasteiger partial charge in [0.15, 0.2) is 5.82 Å². The first kappa shape index (κ1) is 24.2. The van der Waals surface area contributed by atoms with Crippen LogP contribution in [0.15, 0.2) is 48.5 Å². The Morgan fingerprint density at radius 1 is 0.944 bits per heavy atom. The number of rotatable bonds is 7. The van der Waals surface area contributed by atoms with E-state index in [-0.39, 0.29) is 11.8 Å². The lowest BCUT2D eigenvalue weighted by molar-refractivity contribution is -0.136. The van der Waals surface area contributed by atoms with Crippen molar-refractivity contribution in [2.24, 2.45) is 5.92 Å². The van der Waals surface area contributed by atoms with Crippen LogP contribution in [0.4, 0.5) is 11.5 Å². The second kappa shape index (κ2) is 11.0. The van der Waals surface area contributed by atoms with Crippen molar-refractivity contribution < 1.29 is 14.3 Å². The molecule has 0 radical (unpaired) electrons. The fourth-order valence-electron chi connectivity index (χ4n) is 5.08. The van der Waals surface area contributed by atoms with Crippen LogP contribution >= 0.6 is 0 Å². The summed E-state index contributed by atoms with van der Waals surface area (Å²) < 4.78 is 11.3. The normalized spacial score (nSPS) is 18.4. The zero-order valence-electron chi connectivity index (χ0n) is 21.2. The molecule has 1 atom stereocenters. The summed E-state index contributed by atoms with van der Waals surface area (Å²) in [4.78, 5) is 29.8. The Kier molecular flexibility index (Phi) is 7.39. The van der Waals surface area contributed by atoms with Gasteiger partial charge in [0, 0.05) is 45.0 Å². The molecule has 3 heterocycles. The van der Waals surface area contributed by atoms with Crippen molar-refractivity contribution in [1.29, 1.82) is 0 Å². The molecule has 0 N–H and O–H groups in total. The summed E-state index contributed by atoms with van der Waals surface area (Å²) in [5, 5.41) is 0. The molecular formula is C28H35N5O3. The molecule has 2 fully saturated rings. The highest BCUT2D eigenvalue weighted by Gasteiger charge is 2.33. The lowest BCUT2D eigenvalue weighted by atomic mass is 9.96. The number of ether oxygens (including phenoxy) is 2. The number of para-hydroxylation sites is 2. The minimum atomic E-state index is -0.0430. The molecule has 0 saturated carbocycles. The monoisotopic (exact) mass is 489 g/mol. The summed E-state index contributed by atoms with van der Waals surface area (Å²) in [5.74, 6) is 2.38. The SMILES string of the molecule is CCCOc1nc2ccccc2nc1N1CCC[C@@H](C(=O)N2CCN(c3ccc(OC)cc3)CC2)C1. The number of carbonyl (C=O) groups is 1. The van der Waals surface area contributed by atoms with Crippen LogP contribution in [-0.2, 0) is 4.79 Å². The van der Waals surface area contributed by atoms with E-state index in [1.165, 1.54) is 5.69 Å².